The summed E-state index contributed by atoms with van der Waals surface area (Å²) in [6, 6.07) is 3.56. The summed E-state index contributed by atoms with van der Waals surface area (Å²) in [6.07, 6.45) is 1.45. The van der Waals surface area contributed by atoms with Gasteiger partial charge in [-0.05, 0) is 31.9 Å². The third-order valence-corrected chi connectivity index (χ3v) is 5.08. The lowest BCUT2D eigenvalue weighted by Crippen LogP contribution is -2.09. The van der Waals surface area contributed by atoms with Gasteiger partial charge in [0.25, 0.3) is 0 Å². The Morgan fingerprint density at radius 2 is 1.79 bits per heavy atom. The van der Waals surface area contributed by atoms with Gasteiger partial charge in [0.15, 0.2) is 11.3 Å². The van der Waals surface area contributed by atoms with Crippen molar-refractivity contribution in [2.24, 2.45) is 0 Å². The summed E-state index contributed by atoms with van der Waals surface area (Å²) in [4.78, 5) is 13.6. The maximum atomic E-state index is 12.9. The van der Waals surface area contributed by atoms with Crippen LogP contribution >= 0.6 is 11.6 Å². The van der Waals surface area contributed by atoms with Gasteiger partial charge in [-0.15, -0.1) is 0 Å². The first-order chi connectivity index (χ1) is 13.3. The minimum Gasteiger partial charge on any atom is -0.311 e. The number of hydrogen-bond acceptors (Lipinski definition) is 3. The molecular formula is C20H22ClF3N4. The molecule has 0 radical (unpaired) electrons. The number of benzene rings is 1. The highest BCUT2D eigenvalue weighted by molar-refractivity contribution is 6.33. The number of hydrogen-bond donors (Lipinski definition) is 0. The number of aromatic nitrogens is 4. The largest absolute Gasteiger partial charge is 0.416 e. The lowest BCUT2D eigenvalue weighted by molar-refractivity contribution is -0.137. The zero-order valence-corrected chi connectivity index (χ0v) is 16.8. The molecule has 0 bridgehead atoms. The van der Waals surface area contributed by atoms with Crippen molar-refractivity contribution < 1.29 is 13.2 Å². The predicted octanol–water partition coefficient (Wildman–Crippen LogP) is 6.62. The summed E-state index contributed by atoms with van der Waals surface area (Å²) in [5, 5.41) is -0.0131. The minimum atomic E-state index is -4.45. The molecule has 0 amide bonds. The Morgan fingerprint density at radius 3 is 2.36 bits per heavy atom. The number of halogens is 4. The maximum Gasteiger partial charge on any atom is 0.416 e. The number of nitrogens with zero attached hydrogens (tertiary/aromatic N) is 4. The Balaban J connectivity index is 2.06. The molecule has 0 N–H and O–H groups in total. The standard InChI is InChI=1S/C20H22ClF3N4/c1-4-6-14(7-5-2)28-11-25-18-19(28)26-12(3)17(27-18)15-9-8-13(10-16(15)21)20(22,23)24/h8-11,14H,4-7H2,1-3H3. The van der Waals surface area contributed by atoms with Crippen molar-refractivity contribution in [2.75, 3.05) is 0 Å². The third-order valence-electron chi connectivity index (χ3n) is 4.77. The first-order valence-electron chi connectivity index (χ1n) is 9.34. The molecule has 0 saturated carbocycles. The fourth-order valence-electron chi connectivity index (χ4n) is 3.42. The van der Waals surface area contributed by atoms with Crippen LogP contribution in [0.25, 0.3) is 22.6 Å². The van der Waals surface area contributed by atoms with Gasteiger partial charge in [0, 0.05) is 11.6 Å². The van der Waals surface area contributed by atoms with Crippen LogP contribution in [0.4, 0.5) is 13.2 Å². The summed E-state index contributed by atoms with van der Waals surface area (Å²) in [5.41, 5.74) is 1.82. The van der Waals surface area contributed by atoms with E-state index in [2.05, 4.69) is 33.4 Å². The van der Waals surface area contributed by atoms with Crippen molar-refractivity contribution in [1.29, 1.82) is 0 Å². The second-order valence-corrected chi connectivity index (χ2v) is 7.29. The molecule has 0 aliphatic carbocycles. The number of rotatable bonds is 6. The average Bonchev–Trinajstić information content (AvgIpc) is 3.03. The predicted molar refractivity (Wildman–Crippen MR) is 104 cm³/mol. The van der Waals surface area contributed by atoms with E-state index in [0.29, 0.717) is 34.3 Å². The van der Waals surface area contributed by atoms with E-state index in [-0.39, 0.29) is 5.02 Å². The quantitative estimate of drug-likeness (QED) is 0.459. The fraction of sp³-hybridized carbons (Fsp3) is 0.450. The smallest absolute Gasteiger partial charge is 0.311 e. The van der Waals surface area contributed by atoms with Crippen LogP contribution < -0.4 is 0 Å². The van der Waals surface area contributed by atoms with E-state index in [4.69, 9.17) is 11.6 Å². The van der Waals surface area contributed by atoms with Crippen molar-refractivity contribution in [3.8, 4) is 11.3 Å². The maximum absolute atomic E-state index is 12.9. The second kappa shape index (κ2) is 8.07. The highest BCUT2D eigenvalue weighted by Gasteiger charge is 2.31. The van der Waals surface area contributed by atoms with Gasteiger partial charge in [-0.3, -0.25) is 0 Å². The van der Waals surface area contributed by atoms with Gasteiger partial charge in [0.2, 0.25) is 0 Å². The topological polar surface area (TPSA) is 43.6 Å². The molecule has 0 atom stereocenters. The first-order valence-corrected chi connectivity index (χ1v) is 9.72. The molecule has 3 rings (SSSR count). The Hall–Kier alpha value is -2.15. The van der Waals surface area contributed by atoms with E-state index in [9.17, 15) is 13.2 Å². The van der Waals surface area contributed by atoms with Crippen molar-refractivity contribution in [3.05, 3.63) is 40.8 Å². The van der Waals surface area contributed by atoms with Crippen molar-refractivity contribution in [1.82, 2.24) is 19.5 Å². The van der Waals surface area contributed by atoms with E-state index in [0.717, 1.165) is 37.8 Å². The summed E-state index contributed by atoms with van der Waals surface area (Å²) < 4.78 is 40.7. The molecule has 0 unspecified atom stereocenters. The molecule has 8 heteroatoms. The molecule has 0 aliphatic heterocycles. The highest BCUT2D eigenvalue weighted by atomic mass is 35.5. The molecule has 150 valence electrons. The SMILES string of the molecule is CCCC(CCC)n1cnc2nc(-c3ccc(C(F)(F)F)cc3Cl)c(C)nc21. The Kier molecular flexibility index (Phi) is 5.93. The van der Waals surface area contributed by atoms with Crippen molar-refractivity contribution in [2.45, 2.75) is 58.7 Å². The number of fused-ring (bicyclic) bond motifs is 1. The summed E-state index contributed by atoms with van der Waals surface area (Å²) in [5.74, 6) is 0. The molecule has 2 heterocycles. The van der Waals surface area contributed by atoms with Crippen LogP contribution in [0.2, 0.25) is 5.02 Å². The summed E-state index contributed by atoms with van der Waals surface area (Å²) in [6.45, 7) is 6.06. The molecule has 4 nitrogen and oxygen atoms in total. The highest BCUT2D eigenvalue weighted by Crippen LogP contribution is 2.36. The van der Waals surface area contributed by atoms with Gasteiger partial charge in [-0.25, -0.2) is 15.0 Å². The Bertz CT molecular complexity index is 975. The Labute approximate surface area is 166 Å². The van der Waals surface area contributed by atoms with E-state index >= 15 is 0 Å². The lowest BCUT2D eigenvalue weighted by atomic mass is 10.1. The van der Waals surface area contributed by atoms with Gasteiger partial charge in [-0.2, -0.15) is 13.2 Å². The second-order valence-electron chi connectivity index (χ2n) is 6.88. The third kappa shape index (κ3) is 3.99. The van der Waals surface area contributed by atoms with E-state index in [1.54, 1.807) is 13.3 Å². The molecule has 0 fully saturated rings. The van der Waals surface area contributed by atoms with Crippen molar-refractivity contribution in [3.63, 3.8) is 0 Å². The molecule has 0 saturated heterocycles. The van der Waals surface area contributed by atoms with Gasteiger partial charge in [0.05, 0.1) is 28.3 Å². The van der Waals surface area contributed by atoms with E-state index in [1.165, 1.54) is 6.07 Å². The van der Waals surface area contributed by atoms with Gasteiger partial charge in [-0.1, -0.05) is 44.4 Å². The molecule has 1 aromatic carbocycles. The molecule has 0 spiro atoms. The van der Waals surface area contributed by atoms with Gasteiger partial charge in [0.1, 0.15) is 0 Å². The molecule has 0 aliphatic rings. The zero-order valence-electron chi connectivity index (χ0n) is 16.0. The number of aryl methyl sites for hydroxylation is 1. The average molecular weight is 411 g/mol. The Morgan fingerprint density at radius 1 is 1.11 bits per heavy atom. The lowest BCUT2D eigenvalue weighted by Gasteiger charge is -2.17. The van der Waals surface area contributed by atoms with Gasteiger partial charge < -0.3 is 4.57 Å². The van der Waals surface area contributed by atoms with E-state index < -0.39 is 11.7 Å². The monoisotopic (exact) mass is 410 g/mol. The van der Waals surface area contributed by atoms with Crippen LogP contribution in [0.15, 0.2) is 24.5 Å². The van der Waals surface area contributed by atoms with Crippen LogP contribution in [0, 0.1) is 6.92 Å². The molecule has 3 aromatic rings. The van der Waals surface area contributed by atoms with Crippen LogP contribution in [-0.2, 0) is 6.18 Å². The molecule has 28 heavy (non-hydrogen) atoms. The van der Waals surface area contributed by atoms with Crippen molar-refractivity contribution >= 4 is 22.9 Å². The molecular weight excluding hydrogens is 389 g/mol. The fourth-order valence-corrected chi connectivity index (χ4v) is 3.69. The van der Waals surface area contributed by atoms with E-state index in [1.807, 2.05) is 0 Å². The van der Waals surface area contributed by atoms with Gasteiger partial charge >= 0.3 is 6.18 Å². The number of imidazole rings is 1. The summed E-state index contributed by atoms with van der Waals surface area (Å²) in [7, 11) is 0. The first kappa shape index (κ1) is 20.6. The van der Waals surface area contributed by atoms with Crippen LogP contribution in [0.1, 0.15) is 56.8 Å². The van der Waals surface area contributed by atoms with Crippen LogP contribution in [0.3, 0.4) is 0 Å². The van der Waals surface area contributed by atoms with Crippen LogP contribution in [0.5, 0.6) is 0 Å². The molecule has 2 aromatic heterocycles. The zero-order chi connectivity index (χ0) is 20.5. The summed E-state index contributed by atoms with van der Waals surface area (Å²) >= 11 is 6.14. The normalized spacial score (nSPS) is 12.3. The number of alkyl halides is 3. The minimum absolute atomic E-state index is 0.0131. The van der Waals surface area contributed by atoms with Crippen LogP contribution in [-0.4, -0.2) is 19.5 Å².